The monoisotopic (exact) mass is 498 g/mol. The Hall–Kier alpha value is -4.03. The Morgan fingerprint density at radius 2 is 2.16 bits per heavy atom. The number of guanidine groups is 1. The third kappa shape index (κ3) is 4.66. The van der Waals surface area contributed by atoms with Gasteiger partial charge in [0.1, 0.15) is 35.1 Å². The van der Waals surface area contributed by atoms with E-state index in [1.807, 2.05) is 6.07 Å². The van der Waals surface area contributed by atoms with Gasteiger partial charge in [-0.3, -0.25) is 10.1 Å². The van der Waals surface area contributed by atoms with Gasteiger partial charge in [-0.25, -0.2) is 9.98 Å². The number of carbonyl (C=O) groups excluding carboxylic acids is 1. The SMILES string of the molecule is CCOC(=O)CCOc1ccc(Br)cc1C1N=C(NC#N)Nc2nc(N)c(C#N)c(N)c21. The first-order chi connectivity index (χ1) is 15.4. The number of aliphatic imine (C=N–C) groups is 1. The molecule has 0 bridgehead atoms. The largest absolute Gasteiger partial charge is 0.493 e. The van der Waals surface area contributed by atoms with Crippen LogP contribution in [-0.4, -0.2) is 30.1 Å². The minimum absolute atomic E-state index is 0.0298. The number of nitriles is 2. The fourth-order valence-electron chi connectivity index (χ4n) is 3.15. The molecule has 1 unspecified atom stereocenters. The second-order valence-electron chi connectivity index (χ2n) is 6.49. The second kappa shape index (κ2) is 9.85. The zero-order valence-electron chi connectivity index (χ0n) is 17.0. The highest BCUT2D eigenvalue weighted by molar-refractivity contribution is 9.10. The molecule has 1 aliphatic rings. The van der Waals surface area contributed by atoms with Crippen molar-refractivity contribution in [3.8, 4) is 18.0 Å². The van der Waals surface area contributed by atoms with Crippen LogP contribution in [0.4, 0.5) is 17.3 Å². The summed E-state index contributed by atoms with van der Waals surface area (Å²) in [5, 5.41) is 23.8. The van der Waals surface area contributed by atoms with Gasteiger partial charge in [-0.15, -0.1) is 0 Å². The number of halogens is 1. The number of fused-ring (bicyclic) bond motifs is 1. The maximum Gasteiger partial charge on any atom is 0.309 e. The number of pyridine rings is 1. The van der Waals surface area contributed by atoms with Crippen LogP contribution in [0.1, 0.15) is 36.1 Å². The lowest BCUT2D eigenvalue weighted by molar-refractivity contribution is -0.143. The van der Waals surface area contributed by atoms with Gasteiger partial charge in [0.2, 0.25) is 5.96 Å². The van der Waals surface area contributed by atoms with E-state index in [0.29, 0.717) is 16.9 Å². The first-order valence-electron chi connectivity index (χ1n) is 9.46. The lowest BCUT2D eigenvalue weighted by Crippen LogP contribution is -2.33. The quantitative estimate of drug-likeness (QED) is 0.261. The molecule has 0 spiro atoms. The second-order valence-corrected chi connectivity index (χ2v) is 7.40. The van der Waals surface area contributed by atoms with Crippen molar-refractivity contribution in [2.45, 2.75) is 19.4 Å². The molecule has 11 nitrogen and oxygen atoms in total. The Morgan fingerprint density at radius 1 is 1.38 bits per heavy atom. The van der Waals surface area contributed by atoms with Gasteiger partial charge >= 0.3 is 5.97 Å². The molecule has 32 heavy (non-hydrogen) atoms. The van der Waals surface area contributed by atoms with Crippen molar-refractivity contribution in [3.05, 3.63) is 39.4 Å². The number of hydrogen-bond donors (Lipinski definition) is 4. The standard InChI is InChI=1S/C20H19BrN8O3/c1-2-31-14(30)5-6-32-13-4-3-10(21)7-11(13)17-15-16(24)12(8-22)18(25)28-19(15)29-20(27-17)26-9-23/h3-4,7,17H,2,5-6H2,1H3,(H6,24,25,26,27,28,29). The van der Waals surface area contributed by atoms with Crippen molar-refractivity contribution in [1.29, 1.82) is 10.5 Å². The molecule has 2 aromatic rings. The van der Waals surface area contributed by atoms with Gasteiger partial charge in [-0.05, 0) is 25.1 Å². The Balaban J connectivity index is 2.08. The molecule has 0 saturated heterocycles. The highest BCUT2D eigenvalue weighted by Crippen LogP contribution is 2.43. The summed E-state index contributed by atoms with van der Waals surface area (Å²) in [6.07, 6.45) is 1.86. The molecule has 2 heterocycles. The van der Waals surface area contributed by atoms with E-state index < -0.39 is 6.04 Å². The first kappa shape index (κ1) is 22.7. The fraction of sp³-hybridized carbons (Fsp3) is 0.250. The van der Waals surface area contributed by atoms with Crippen molar-refractivity contribution < 1.29 is 14.3 Å². The Kier molecular flexibility index (Phi) is 6.97. The van der Waals surface area contributed by atoms with Gasteiger partial charge in [-0.2, -0.15) is 10.5 Å². The van der Waals surface area contributed by atoms with Crippen molar-refractivity contribution >= 4 is 45.2 Å². The van der Waals surface area contributed by atoms with Crippen LogP contribution < -0.4 is 26.8 Å². The summed E-state index contributed by atoms with van der Waals surface area (Å²) in [5.74, 6) is 0.394. The van der Waals surface area contributed by atoms with E-state index in [1.54, 1.807) is 31.3 Å². The molecule has 12 heteroatoms. The summed E-state index contributed by atoms with van der Waals surface area (Å²) in [6.45, 7) is 2.09. The normalized spacial score (nSPS) is 14.1. The van der Waals surface area contributed by atoms with E-state index in [2.05, 4.69) is 36.5 Å². The van der Waals surface area contributed by atoms with Crippen molar-refractivity contribution in [2.75, 3.05) is 30.0 Å². The van der Waals surface area contributed by atoms with Crippen LogP contribution in [0.25, 0.3) is 0 Å². The minimum Gasteiger partial charge on any atom is -0.493 e. The summed E-state index contributed by atoms with van der Waals surface area (Å²) in [7, 11) is 0. The number of ether oxygens (including phenoxy) is 2. The molecule has 0 fully saturated rings. The third-order valence-corrected chi connectivity index (χ3v) is 4.99. The molecule has 1 aromatic carbocycles. The number of carbonyl (C=O) groups is 1. The van der Waals surface area contributed by atoms with Gasteiger partial charge < -0.3 is 26.3 Å². The maximum absolute atomic E-state index is 11.7. The van der Waals surface area contributed by atoms with Gasteiger partial charge in [0, 0.05) is 15.6 Å². The number of aromatic nitrogens is 1. The van der Waals surface area contributed by atoms with Crippen LogP contribution in [0.5, 0.6) is 5.75 Å². The van der Waals surface area contributed by atoms with E-state index in [1.165, 1.54) is 0 Å². The van der Waals surface area contributed by atoms with Crippen LogP contribution >= 0.6 is 15.9 Å². The molecule has 0 aliphatic carbocycles. The van der Waals surface area contributed by atoms with Crippen molar-refractivity contribution in [2.24, 2.45) is 4.99 Å². The van der Waals surface area contributed by atoms with Gasteiger partial charge in [0.05, 0.1) is 25.3 Å². The lowest BCUT2D eigenvalue weighted by Gasteiger charge is -2.27. The molecule has 1 aliphatic heterocycles. The van der Waals surface area contributed by atoms with Crippen LogP contribution in [0.2, 0.25) is 0 Å². The molecular formula is C20H19BrN8O3. The predicted octanol–water partition coefficient (Wildman–Crippen LogP) is 2.15. The number of esters is 1. The number of nitrogens with one attached hydrogen (secondary N) is 2. The number of benzene rings is 1. The molecular weight excluding hydrogens is 480 g/mol. The lowest BCUT2D eigenvalue weighted by atomic mass is 9.94. The number of hydrogen-bond acceptors (Lipinski definition) is 11. The zero-order valence-corrected chi connectivity index (χ0v) is 18.6. The maximum atomic E-state index is 11.7. The van der Waals surface area contributed by atoms with E-state index in [0.717, 1.165) is 4.47 Å². The van der Waals surface area contributed by atoms with Gasteiger partial charge in [0.15, 0.2) is 6.19 Å². The number of rotatable bonds is 6. The molecule has 6 N–H and O–H groups in total. The molecule has 1 atom stereocenters. The number of nitrogens with zero attached hydrogens (tertiary/aromatic N) is 4. The Bertz CT molecular complexity index is 1170. The fourth-order valence-corrected chi connectivity index (χ4v) is 3.53. The molecule has 0 radical (unpaired) electrons. The zero-order chi connectivity index (χ0) is 23.3. The Labute approximate surface area is 192 Å². The topological polar surface area (TPSA) is 184 Å². The van der Waals surface area contributed by atoms with E-state index >= 15 is 0 Å². The summed E-state index contributed by atoms with van der Waals surface area (Å²) in [5.41, 5.74) is 13.3. The molecule has 1 aromatic heterocycles. The summed E-state index contributed by atoms with van der Waals surface area (Å²) in [4.78, 5) is 20.4. The molecule has 0 amide bonds. The van der Waals surface area contributed by atoms with E-state index in [9.17, 15) is 10.1 Å². The highest BCUT2D eigenvalue weighted by Gasteiger charge is 2.31. The molecule has 164 valence electrons. The van der Waals surface area contributed by atoms with Crippen LogP contribution in [0.15, 0.2) is 27.7 Å². The van der Waals surface area contributed by atoms with Crippen molar-refractivity contribution in [3.63, 3.8) is 0 Å². The van der Waals surface area contributed by atoms with Crippen LogP contribution in [-0.2, 0) is 9.53 Å². The summed E-state index contributed by atoms with van der Waals surface area (Å²) >= 11 is 3.44. The highest BCUT2D eigenvalue weighted by atomic mass is 79.9. The molecule has 0 saturated carbocycles. The van der Waals surface area contributed by atoms with Crippen LogP contribution in [0.3, 0.4) is 0 Å². The number of nitrogen functional groups attached to an aromatic ring is 2. The number of nitrogens with two attached hydrogens (primary N) is 2. The average molecular weight is 499 g/mol. The van der Waals surface area contributed by atoms with E-state index in [-0.39, 0.29) is 54.5 Å². The van der Waals surface area contributed by atoms with Crippen LogP contribution in [0, 0.1) is 22.8 Å². The summed E-state index contributed by atoms with van der Waals surface area (Å²) < 4.78 is 11.5. The number of anilines is 3. The smallest absolute Gasteiger partial charge is 0.309 e. The summed E-state index contributed by atoms with van der Waals surface area (Å²) in [6, 6.07) is 6.44. The van der Waals surface area contributed by atoms with Gasteiger partial charge in [-0.1, -0.05) is 15.9 Å². The third-order valence-electron chi connectivity index (χ3n) is 4.49. The first-order valence-corrected chi connectivity index (χ1v) is 10.3. The Morgan fingerprint density at radius 3 is 2.84 bits per heavy atom. The average Bonchev–Trinajstić information content (AvgIpc) is 2.74. The van der Waals surface area contributed by atoms with Gasteiger partial charge in [0.25, 0.3) is 0 Å². The van der Waals surface area contributed by atoms with Crippen molar-refractivity contribution in [1.82, 2.24) is 10.3 Å². The van der Waals surface area contributed by atoms with E-state index in [4.69, 9.17) is 26.2 Å². The molecule has 3 rings (SSSR count). The predicted molar refractivity (Wildman–Crippen MR) is 120 cm³/mol. The minimum atomic E-state index is -0.780.